The molecule has 0 saturated carbocycles. The van der Waals surface area contributed by atoms with Crippen LogP contribution in [-0.4, -0.2) is 38.6 Å². The minimum absolute atomic E-state index is 0.0236. The van der Waals surface area contributed by atoms with Gasteiger partial charge in [0, 0.05) is 30.1 Å². The molecule has 0 radical (unpaired) electrons. The van der Waals surface area contributed by atoms with Crippen LogP contribution in [0.15, 0.2) is 34.7 Å². The Morgan fingerprint density at radius 2 is 2.06 bits per heavy atom. The number of nitrogens with one attached hydrogen (secondary N) is 2. The van der Waals surface area contributed by atoms with Crippen LogP contribution in [0.4, 0.5) is 5.69 Å². The summed E-state index contributed by atoms with van der Waals surface area (Å²) in [6.45, 7) is 4.04. The molecule has 1 unspecified atom stereocenters. The van der Waals surface area contributed by atoms with Crippen LogP contribution in [0.2, 0.25) is 5.15 Å². The van der Waals surface area contributed by atoms with Gasteiger partial charge in [-0.3, -0.25) is 4.79 Å². The van der Waals surface area contributed by atoms with Crippen LogP contribution in [0.1, 0.15) is 36.3 Å². The summed E-state index contributed by atoms with van der Waals surface area (Å²) in [6.07, 6.45) is -0.886. The van der Waals surface area contributed by atoms with E-state index in [1.54, 1.807) is 18.2 Å². The molecule has 0 aliphatic carbocycles. The number of aromatic nitrogens is 3. The number of ether oxygens (including phenoxy) is 1. The minimum atomic E-state index is -0.886. The molecule has 10 heteroatoms. The summed E-state index contributed by atoms with van der Waals surface area (Å²) in [7, 11) is 0. The Hall–Kier alpha value is -3.43. The normalized spacial score (nSPS) is 17.0. The Kier molecular flexibility index (Phi) is 4.64. The Balaban J connectivity index is 1.57. The van der Waals surface area contributed by atoms with E-state index in [2.05, 4.69) is 25.6 Å². The summed E-state index contributed by atoms with van der Waals surface area (Å²) >= 11 is 6.00. The fourth-order valence-electron chi connectivity index (χ4n) is 3.52. The van der Waals surface area contributed by atoms with Crippen molar-refractivity contribution in [1.29, 1.82) is 0 Å². The highest BCUT2D eigenvalue weighted by molar-refractivity contribution is 6.29. The number of aliphatic hydroxyl groups is 1. The number of carbonyl (C=O) groups excluding carboxylic acids is 1. The third kappa shape index (κ3) is 3.51. The molecule has 3 N–H and O–H groups in total. The number of halogens is 1. The molecule has 5 rings (SSSR count). The largest absolute Gasteiger partial charge is 0.449 e. The maximum atomic E-state index is 12.5. The Morgan fingerprint density at radius 1 is 1.23 bits per heavy atom. The average molecular weight is 440 g/mol. The molecular weight excluding hydrogens is 422 g/mol. The van der Waals surface area contributed by atoms with E-state index in [0.29, 0.717) is 29.2 Å². The number of aliphatic hydroxyl groups excluding tert-OH is 1. The molecule has 2 atom stereocenters. The summed E-state index contributed by atoms with van der Waals surface area (Å²) < 4.78 is 11.6. The molecule has 4 aromatic rings. The monoisotopic (exact) mass is 439 g/mol. The quantitative estimate of drug-likeness (QED) is 0.412. The first-order valence-electron chi connectivity index (χ1n) is 9.70. The number of pyridine rings is 1. The number of furan rings is 1. The van der Waals surface area contributed by atoms with Gasteiger partial charge in [-0.25, -0.2) is 9.97 Å². The van der Waals surface area contributed by atoms with Gasteiger partial charge in [-0.05, 0) is 32.0 Å². The van der Waals surface area contributed by atoms with Crippen LogP contribution in [0.3, 0.4) is 0 Å². The van der Waals surface area contributed by atoms with Crippen molar-refractivity contribution >= 4 is 45.1 Å². The number of anilines is 1. The summed E-state index contributed by atoms with van der Waals surface area (Å²) in [5, 5.41) is 17.7. The van der Waals surface area contributed by atoms with E-state index in [0.717, 1.165) is 10.8 Å². The smallest absolute Gasteiger partial charge is 0.289 e. The number of benzene rings is 1. The molecule has 0 fully saturated rings. The molecule has 0 bridgehead atoms. The Bertz CT molecular complexity index is 1340. The average Bonchev–Trinajstić information content (AvgIpc) is 3.04. The molecule has 0 spiro atoms. The topological polar surface area (TPSA) is 122 Å². The second-order valence-electron chi connectivity index (χ2n) is 7.38. The van der Waals surface area contributed by atoms with Crippen LogP contribution >= 0.6 is 11.6 Å². The lowest BCUT2D eigenvalue weighted by Gasteiger charge is -2.10. The molecular formula is C21H18ClN5O4. The highest BCUT2D eigenvalue weighted by Gasteiger charge is 2.26. The van der Waals surface area contributed by atoms with Crippen molar-refractivity contribution in [3.8, 4) is 11.8 Å². The van der Waals surface area contributed by atoms with Crippen LogP contribution in [-0.2, 0) is 0 Å². The fourth-order valence-corrected chi connectivity index (χ4v) is 3.70. The van der Waals surface area contributed by atoms with Crippen molar-refractivity contribution in [3.05, 3.63) is 47.1 Å². The summed E-state index contributed by atoms with van der Waals surface area (Å²) in [5.74, 6) is 0.637. The number of hydrogen-bond acceptors (Lipinski definition) is 8. The highest BCUT2D eigenvalue weighted by atomic mass is 35.5. The van der Waals surface area contributed by atoms with Crippen LogP contribution < -0.4 is 15.4 Å². The molecule has 9 nitrogen and oxygen atoms in total. The van der Waals surface area contributed by atoms with Crippen LogP contribution in [0.25, 0.3) is 21.9 Å². The zero-order valence-corrected chi connectivity index (χ0v) is 17.4. The van der Waals surface area contributed by atoms with Crippen molar-refractivity contribution in [1.82, 2.24) is 20.3 Å². The lowest BCUT2D eigenvalue weighted by Crippen LogP contribution is -2.34. The fraction of sp³-hybridized carbons (Fsp3) is 0.238. The van der Waals surface area contributed by atoms with Crippen molar-refractivity contribution in [2.24, 2.45) is 0 Å². The first-order chi connectivity index (χ1) is 14.9. The van der Waals surface area contributed by atoms with Crippen molar-refractivity contribution in [3.63, 3.8) is 0 Å². The lowest BCUT2D eigenvalue weighted by atomic mass is 10.1. The number of nitrogens with zero attached hydrogens (tertiary/aromatic N) is 3. The number of rotatable bonds is 3. The minimum Gasteiger partial charge on any atom is -0.449 e. The number of carbonyl (C=O) groups is 1. The molecule has 1 aliphatic heterocycles. The van der Waals surface area contributed by atoms with Gasteiger partial charge in [0.1, 0.15) is 16.8 Å². The van der Waals surface area contributed by atoms with Gasteiger partial charge in [0.25, 0.3) is 5.91 Å². The Morgan fingerprint density at radius 3 is 2.87 bits per heavy atom. The van der Waals surface area contributed by atoms with E-state index in [-0.39, 0.29) is 34.6 Å². The molecule has 158 valence electrons. The third-order valence-electron chi connectivity index (χ3n) is 4.94. The van der Waals surface area contributed by atoms with Gasteiger partial charge < -0.3 is 24.9 Å². The molecule has 1 aromatic carbocycles. The van der Waals surface area contributed by atoms with E-state index in [4.69, 9.17) is 20.8 Å². The van der Waals surface area contributed by atoms with Gasteiger partial charge in [0.15, 0.2) is 5.82 Å². The van der Waals surface area contributed by atoms with Gasteiger partial charge in [-0.15, -0.1) is 0 Å². The van der Waals surface area contributed by atoms with Crippen molar-refractivity contribution < 1.29 is 19.1 Å². The van der Waals surface area contributed by atoms with Gasteiger partial charge in [-0.1, -0.05) is 11.6 Å². The first-order valence-corrected chi connectivity index (χ1v) is 10.1. The van der Waals surface area contributed by atoms with Gasteiger partial charge in [-0.2, -0.15) is 4.98 Å². The zero-order valence-electron chi connectivity index (χ0n) is 16.6. The second-order valence-corrected chi connectivity index (χ2v) is 7.77. The molecule has 0 saturated heterocycles. The SMILES string of the molecule is CC(O)c1nc(Cl)cc(Oc2ccc3c(ccc4oc5c(c43)NC[C@@H](C)NC5=O)n2)n1. The van der Waals surface area contributed by atoms with Crippen molar-refractivity contribution in [2.75, 3.05) is 11.9 Å². The van der Waals surface area contributed by atoms with E-state index < -0.39 is 6.10 Å². The Labute approximate surface area is 181 Å². The molecule has 1 amide bonds. The van der Waals surface area contributed by atoms with E-state index in [1.807, 2.05) is 13.0 Å². The van der Waals surface area contributed by atoms with Crippen LogP contribution in [0.5, 0.6) is 11.8 Å². The molecule has 1 aliphatic rings. The first kappa shape index (κ1) is 19.5. The maximum Gasteiger partial charge on any atom is 0.289 e. The molecule has 31 heavy (non-hydrogen) atoms. The van der Waals surface area contributed by atoms with E-state index in [9.17, 15) is 9.90 Å². The van der Waals surface area contributed by atoms with E-state index in [1.165, 1.54) is 13.0 Å². The number of hydrogen-bond donors (Lipinski definition) is 3. The lowest BCUT2D eigenvalue weighted by molar-refractivity contribution is 0.0920. The summed E-state index contributed by atoms with van der Waals surface area (Å²) in [4.78, 5) is 25.1. The van der Waals surface area contributed by atoms with Gasteiger partial charge in [0.05, 0.1) is 16.6 Å². The van der Waals surface area contributed by atoms with E-state index >= 15 is 0 Å². The van der Waals surface area contributed by atoms with Crippen molar-refractivity contribution in [2.45, 2.75) is 26.0 Å². The second kappa shape index (κ2) is 7.36. The standard InChI is InChI=1S/C21H18ClN5O4/c1-9-8-23-18-17-11-3-6-15(31-16-7-14(22)26-20(27-16)10(2)28)25-12(11)4-5-13(17)30-19(18)21(29)24-9/h3-7,9-10,23,28H,8H2,1-2H3,(H,24,29)/t9-,10?/m1/s1. The van der Waals surface area contributed by atoms with Gasteiger partial charge >= 0.3 is 0 Å². The number of amides is 1. The van der Waals surface area contributed by atoms with Gasteiger partial charge in [0.2, 0.25) is 17.5 Å². The number of fused-ring (bicyclic) bond motifs is 5. The van der Waals surface area contributed by atoms with Crippen LogP contribution in [0, 0.1) is 0 Å². The zero-order chi connectivity index (χ0) is 21.7. The summed E-state index contributed by atoms with van der Waals surface area (Å²) in [6, 6.07) is 8.53. The molecule has 4 heterocycles. The summed E-state index contributed by atoms with van der Waals surface area (Å²) in [5.41, 5.74) is 1.90. The third-order valence-corrected chi connectivity index (χ3v) is 5.13. The maximum absolute atomic E-state index is 12.5. The predicted molar refractivity (Wildman–Crippen MR) is 115 cm³/mol. The predicted octanol–water partition coefficient (Wildman–Crippen LogP) is 3.81. The highest BCUT2D eigenvalue weighted by Crippen LogP contribution is 2.37. The molecule has 3 aromatic heterocycles.